The molecule has 0 bridgehead atoms. The minimum atomic E-state index is -0.400. The van der Waals surface area contributed by atoms with Crippen molar-refractivity contribution in [2.45, 2.75) is 18.5 Å². The summed E-state index contributed by atoms with van der Waals surface area (Å²) in [7, 11) is 7.53. The van der Waals surface area contributed by atoms with Gasteiger partial charge in [-0.05, 0) is 31.0 Å². The average Bonchev–Trinajstić information content (AvgIpc) is 3.45. The lowest BCUT2D eigenvalue weighted by Gasteiger charge is -2.17. The monoisotopic (exact) mass is 646 g/mol. The van der Waals surface area contributed by atoms with Gasteiger partial charge < -0.3 is 32.8 Å². The second-order valence-electron chi connectivity index (χ2n) is 9.75. The SMILES string of the molecule is COc1cc(OC)c2c(=O)c(OCCCSc3nnc(C)n3N=Cc3ccccc3)c(-c3cc(OC)c(OC)c(OC)c3)oc2c1. The molecule has 2 aromatic heterocycles. The smallest absolute Gasteiger partial charge is 0.239 e. The minimum absolute atomic E-state index is 0.0155. The van der Waals surface area contributed by atoms with E-state index in [0.717, 1.165) is 5.56 Å². The molecule has 0 saturated carbocycles. The van der Waals surface area contributed by atoms with Crippen LogP contribution in [0.5, 0.6) is 34.5 Å². The van der Waals surface area contributed by atoms with Gasteiger partial charge in [0.25, 0.3) is 0 Å². The molecule has 0 aliphatic heterocycles. The van der Waals surface area contributed by atoms with E-state index in [2.05, 4.69) is 15.3 Å². The van der Waals surface area contributed by atoms with Crippen molar-refractivity contribution in [1.82, 2.24) is 14.9 Å². The number of methoxy groups -OCH3 is 5. The molecule has 240 valence electrons. The van der Waals surface area contributed by atoms with E-state index in [0.29, 0.717) is 57.5 Å². The van der Waals surface area contributed by atoms with Crippen molar-refractivity contribution in [3.63, 3.8) is 0 Å². The first-order valence-corrected chi connectivity index (χ1v) is 15.2. The maximum Gasteiger partial charge on any atom is 0.239 e. The van der Waals surface area contributed by atoms with E-state index >= 15 is 0 Å². The molecule has 5 aromatic rings. The average molecular weight is 647 g/mol. The molecule has 12 nitrogen and oxygen atoms in total. The first kappa shape index (κ1) is 32.2. The highest BCUT2D eigenvalue weighted by molar-refractivity contribution is 7.99. The maximum atomic E-state index is 14.0. The molecule has 0 amide bonds. The van der Waals surface area contributed by atoms with Crippen molar-refractivity contribution >= 4 is 28.9 Å². The predicted octanol–water partition coefficient (Wildman–Crippen LogP) is 5.85. The van der Waals surface area contributed by atoms with Crippen molar-refractivity contribution in [3.05, 3.63) is 76.2 Å². The summed E-state index contributed by atoms with van der Waals surface area (Å²) >= 11 is 1.48. The standard InChI is InChI=1S/C33H34N4O8S/c1-20-35-36-33(37(20)34-19-21-11-8-7-9-12-21)46-14-10-13-44-32-29(38)28-24(40-3)17-23(39-2)18-25(28)45-30(32)22-15-26(41-4)31(43-6)27(16-22)42-5/h7-9,11-12,15-19H,10,13-14H2,1-6H3. The Morgan fingerprint density at radius 2 is 1.59 bits per heavy atom. The highest BCUT2D eigenvalue weighted by atomic mass is 32.2. The summed E-state index contributed by atoms with van der Waals surface area (Å²) in [5.41, 5.74) is 1.31. The number of ether oxygens (including phenoxy) is 6. The molecule has 2 heterocycles. The lowest BCUT2D eigenvalue weighted by molar-refractivity contribution is 0.309. The molecule has 46 heavy (non-hydrogen) atoms. The quantitative estimate of drug-likeness (QED) is 0.0819. The number of hydrogen-bond donors (Lipinski definition) is 0. The third kappa shape index (κ3) is 6.74. The number of nitrogens with zero attached hydrogens (tertiary/aromatic N) is 4. The fraction of sp³-hybridized carbons (Fsp3) is 0.273. The van der Waals surface area contributed by atoms with Crippen LogP contribution in [0.3, 0.4) is 0 Å². The van der Waals surface area contributed by atoms with Crippen LogP contribution >= 0.6 is 11.8 Å². The van der Waals surface area contributed by atoms with Crippen molar-refractivity contribution in [3.8, 4) is 45.8 Å². The number of aryl methyl sites for hydroxylation is 1. The Morgan fingerprint density at radius 1 is 0.870 bits per heavy atom. The number of hydrogen-bond acceptors (Lipinski definition) is 12. The van der Waals surface area contributed by atoms with Gasteiger partial charge in [0.1, 0.15) is 22.5 Å². The third-order valence-electron chi connectivity index (χ3n) is 6.93. The summed E-state index contributed by atoms with van der Waals surface area (Å²) in [6, 6.07) is 16.4. The molecule has 13 heteroatoms. The molecule has 0 N–H and O–H groups in total. The molecule has 0 unspecified atom stereocenters. The largest absolute Gasteiger partial charge is 0.496 e. The molecule has 0 spiro atoms. The zero-order chi connectivity index (χ0) is 32.6. The zero-order valence-electron chi connectivity index (χ0n) is 26.4. The number of rotatable bonds is 14. The van der Waals surface area contributed by atoms with Crippen molar-refractivity contribution in [1.29, 1.82) is 0 Å². The second-order valence-corrected chi connectivity index (χ2v) is 10.8. The van der Waals surface area contributed by atoms with Gasteiger partial charge in [-0.15, -0.1) is 10.2 Å². The van der Waals surface area contributed by atoms with E-state index in [-0.39, 0.29) is 29.1 Å². The third-order valence-corrected chi connectivity index (χ3v) is 7.94. The van der Waals surface area contributed by atoms with Gasteiger partial charge >= 0.3 is 0 Å². The summed E-state index contributed by atoms with van der Waals surface area (Å²) < 4.78 is 41.7. The summed E-state index contributed by atoms with van der Waals surface area (Å²) in [5, 5.41) is 13.9. The molecular formula is C33H34N4O8S. The summed E-state index contributed by atoms with van der Waals surface area (Å²) in [6.07, 6.45) is 2.34. The summed E-state index contributed by atoms with van der Waals surface area (Å²) in [4.78, 5) is 14.0. The Balaban J connectivity index is 1.43. The minimum Gasteiger partial charge on any atom is -0.496 e. The van der Waals surface area contributed by atoms with E-state index in [1.165, 1.54) is 47.3 Å². The van der Waals surface area contributed by atoms with Gasteiger partial charge in [-0.2, -0.15) is 9.78 Å². The molecular weight excluding hydrogens is 612 g/mol. The van der Waals surface area contributed by atoms with E-state index < -0.39 is 5.43 Å². The fourth-order valence-electron chi connectivity index (χ4n) is 4.68. The van der Waals surface area contributed by atoms with Crippen LogP contribution in [-0.4, -0.2) is 69.0 Å². The summed E-state index contributed by atoms with van der Waals surface area (Å²) in [5.74, 6) is 3.43. The topological polar surface area (TPSA) is 129 Å². The molecule has 0 fully saturated rings. The van der Waals surface area contributed by atoms with Crippen LogP contribution in [0, 0.1) is 6.92 Å². The van der Waals surface area contributed by atoms with Gasteiger partial charge in [0.15, 0.2) is 23.1 Å². The van der Waals surface area contributed by atoms with Crippen LogP contribution in [0.15, 0.2) is 74.1 Å². The number of aromatic nitrogens is 3. The number of thioether (sulfide) groups is 1. The van der Waals surface area contributed by atoms with Gasteiger partial charge in [0, 0.05) is 23.4 Å². The normalized spacial score (nSPS) is 11.2. The molecule has 0 aliphatic rings. The predicted molar refractivity (Wildman–Crippen MR) is 176 cm³/mol. The van der Waals surface area contributed by atoms with Crippen LogP contribution in [-0.2, 0) is 0 Å². The van der Waals surface area contributed by atoms with E-state index in [9.17, 15) is 4.79 Å². The van der Waals surface area contributed by atoms with E-state index in [1.807, 2.05) is 37.3 Å². The van der Waals surface area contributed by atoms with Crippen molar-refractivity contribution in [2.24, 2.45) is 5.10 Å². The first-order valence-electron chi connectivity index (χ1n) is 14.2. The highest BCUT2D eigenvalue weighted by Crippen LogP contribution is 2.44. The first-order chi connectivity index (χ1) is 22.4. The zero-order valence-corrected chi connectivity index (χ0v) is 27.2. The van der Waals surface area contributed by atoms with E-state index in [4.69, 9.17) is 32.8 Å². The van der Waals surface area contributed by atoms with E-state index in [1.54, 1.807) is 35.2 Å². The Morgan fingerprint density at radius 3 is 2.24 bits per heavy atom. The molecule has 0 saturated heterocycles. The molecule has 0 atom stereocenters. The van der Waals surface area contributed by atoms with Gasteiger partial charge in [-0.3, -0.25) is 4.79 Å². The van der Waals surface area contributed by atoms with Gasteiger partial charge in [-0.1, -0.05) is 42.1 Å². The fourth-order valence-corrected chi connectivity index (χ4v) is 5.52. The highest BCUT2D eigenvalue weighted by Gasteiger charge is 2.24. The Labute approximate surface area is 269 Å². The molecule has 0 aliphatic carbocycles. The number of benzene rings is 3. The lowest BCUT2D eigenvalue weighted by Crippen LogP contribution is -2.13. The van der Waals surface area contributed by atoms with Gasteiger partial charge in [-0.25, -0.2) is 0 Å². The van der Waals surface area contributed by atoms with Crippen LogP contribution in [0.4, 0.5) is 0 Å². The van der Waals surface area contributed by atoms with Crippen LogP contribution < -0.4 is 33.8 Å². The van der Waals surface area contributed by atoms with Crippen LogP contribution in [0.1, 0.15) is 17.8 Å². The van der Waals surface area contributed by atoms with Crippen LogP contribution in [0.2, 0.25) is 0 Å². The molecule has 3 aromatic carbocycles. The molecule has 5 rings (SSSR count). The van der Waals surface area contributed by atoms with Crippen molar-refractivity contribution < 1.29 is 32.8 Å². The number of fused-ring (bicyclic) bond motifs is 1. The Bertz CT molecular complexity index is 1880. The Kier molecular flexibility index (Phi) is 10.3. The van der Waals surface area contributed by atoms with Crippen LogP contribution in [0.25, 0.3) is 22.3 Å². The molecule has 0 radical (unpaired) electrons. The summed E-state index contributed by atoms with van der Waals surface area (Å²) in [6.45, 7) is 2.05. The van der Waals surface area contributed by atoms with Gasteiger partial charge in [0.2, 0.25) is 22.1 Å². The maximum absolute atomic E-state index is 14.0. The lowest BCUT2D eigenvalue weighted by atomic mass is 10.1. The Hall–Kier alpha value is -5.17. The second kappa shape index (κ2) is 14.7. The van der Waals surface area contributed by atoms with Gasteiger partial charge in [0.05, 0.1) is 48.4 Å². The van der Waals surface area contributed by atoms with Crippen molar-refractivity contribution in [2.75, 3.05) is 47.9 Å².